The van der Waals surface area contributed by atoms with E-state index in [0.29, 0.717) is 11.5 Å². The van der Waals surface area contributed by atoms with Crippen LogP contribution in [0.2, 0.25) is 0 Å². The molecule has 1 aromatic carbocycles. The van der Waals surface area contributed by atoms with Crippen molar-refractivity contribution in [1.82, 2.24) is 14.8 Å². The molecule has 0 saturated carbocycles. The molecule has 5 heteroatoms. The average molecular weight is 281 g/mol. The first-order valence-electron chi connectivity index (χ1n) is 6.50. The van der Waals surface area contributed by atoms with Gasteiger partial charge in [-0.1, -0.05) is 0 Å². The molecule has 0 aliphatic rings. The summed E-state index contributed by atoms with van der Waals surface area (Å²) in [6.45, 7) is 0. The molecular formula is C16H15N3O2. The Bertz CT molecular complexity index is 738. The lowest BCUT2D eigenvalue weighted by atomic mass is 10.2. The predicted molar refractivity (Wildman–Crippen MR) is 79.9 cm³/mol. The van der Waals surface area contributed by atoms with Gasteiger partial charge in [0.05, 0.1) is 31.8 Å². The summed E-state index contributed by atoms with van der Waals surface area (Å²) < 4.78 is 12.5. The third kappa shape index (κ3) is 2.45. The molecule has 0 radical (unpaired) electrons. The zero-order valence-electron chi connectivity index (χ0n) is 11.9. The zero-order chi connectivity index (χ0) is 14.7. The molecule has 2 aromatic heterocycles. The van der Waals surface area contributed by atoms with Gasteiger partial charge in [-0.3, -0.25) is 4.98 Å². The highest BCUT2D eigenvalue weighted by Gasteiger charge is 2.10. The normalized spacial score (nSPS) is 10.4. The minimum absolute atomic E-state index is 0.672. The summed E-state index contributed by atoms with van der Waals surface area (Å²) in [5.41, 5.74) is 2.95. The fourth-order valence-electron chi connectivity index (χ4n) is 2.21. The molecule has 3 aromatic rings. The molecule has 2 heterocycles. The molecule has 0 aliphatic heterocycles. The second-order valence-corrected chi connectivity index (χ2v) is 4.40. The van der Waals surface area contributed by atoms with Crippen LogP contribution in [0.4, 0.5) is 0 Å². The van der Waals surface area contributed by atoms with Gasteiger partial charge in [-0.05, 0) is 30.3 Å². The van der Waals surface area contributed by atoms with Crippen molar-refractivity contribution in [3.8, 4) is 28.4 Å². The largest absolute Gasteiger partial charge is 0.493 e. The van der Waals surface area contributed by atoms with Crippen LogP contribution >= 0.6 is 0 Å². The van der Waals surface area contributed by atoms with Crippen molar-refractivity contribution >= 4 is 0 Å². The van der Waals surface area contributed by atoms with Gasteiger partial charge >= 0.3 is 0 Å². The Morgan fingerprint density at radius 2 is 1.62 bits per heavy atom. The maximum Gasteiger partial charge on any atom is 0.162 e. The molecule has 3 rings (SSSR count). The molecule has 0 bridgehead atoms. The van der Waals surface area contributed by atoms with Gasteiger partial charge in [0, 0.05) is 24.0 Å². The topological polar surface area (TPSA) is 49.2 Å². The van der Waals surface area contributed by atoms with Gasteiger partial charge in [-0.15, -0.1) is 0 Å². The smallest absolute Gasteiger partial charge is 0.162 e. The number of aromatic nitrogens is 3. The minimum Gasteiger partial charge on any atom is -0.493 e. The maximum atomic E-state index is 5.34. The number of rotatable bonds is 4. The zero-order valence-corrected chi connectivity index (χ0v) is 11.9. The van der Waals surface area contributed by atoms with E-state index >= 15 is 0 Å². The SMILES string of the molecule is COc1ccc(-n2nccc2-c2ccncc2)cc1OC. The number of pyridine rings is 1. The number of ether oxygens (including phenoxy) is 2. The van der Waals surface area contributed by atoms with Crippen LogP contribution in [0.5, 0.6) is 11.5 Å². The van der Waals surface area contributed by atoms with E-state index in [1.165, 1.54) is 0 Å². The molecular weight excluding hydrogens is 266 g/mol. The number of nitrogens with zero attached hydrogens (tertiary/aromatic N) is 3. The first-order valence-corrected chi connectivity index (χ1v) is 6.50. The van der Waals surface area contributed by atoms with Gasteiger partial charge in [0.2, 0.25) is 0 Å². The Morgan fingerprint density at radius 1 is 0.857 bits per heavy atom. The highest BCUT2D eigenvalue weighted by molar-refractivity contribution is 5.62. The monoisotopic (exact) mass is 281 g/mol. The quantitative estimate of drug-likeness (QED) is 0.737. The Labute approximate surface area is 122 Å². The lowest BCUT2D eigenvalue weighted by Gasteiger charge is -2.11. The van der Waals surface area contributed by atoms with Crippen LogP contribution in [-0.4, -0.2) is 29.0 Å². The summed E-state index contributed by atoms with van der Waals surface area (Å²) in [6.07, 6.45) is 5.30. The first kappa shape index (κ1) is 13.2. The Kier molecular flexibility index (Phi) is 3.55. The van der Waals surface area contributed by atoms with Gasteiger partial charge < -0.3 is 9.47 Å². The van der Waals surface area contributed by atoms with E-state index in [2.05, 4.69) is 10.1 Å². The summed E-state index contributed by atoms with van der Waals surface area (Å²) in [4.78, 5) is 4.04. The molecule has 0 spiro atoms. The standard InChI is InChI=1S/C16H15N3O2/c1-20-15-4-3-13(11-16(15)21-2)19-14(7-10-18-19)12-5-8-17-9-6-12/h3-11H,1-2H3. The Balaban J connectivity index is 2.08. The molecule has 0 N–H and O–H groups in total. The molecule has 0 amide bonds. The van der Waals surface area contributed by atoms with E-state index < -0.39 is 0 Å². The number of hydrogen-bond acceptors (Lipinski definition) is 4. The summed E-state index contributed by atoms with van der Waals surface area (Å²) in [7, 11) is 3.24. The van der Waals surface area contributed by atoms with Gasteiger partial charge in [0.1, 0.15) is 0 Å². The number of benzene rings is 1. The van der Waals surface area contributed by atoms with Gasteiger partial charge in [0.25, 0.3) is 0 Å². The van der Waals surface area contributed by atoms with E-state index in [9.17, 15) is 0 Å². The van der Waals surface area contributed by atoms with Crippen molar-refractivity contribution in [2.45, 2.75) is 0 Å². The van der Waals surface area contributed by atoms with Crippen LogP contribution in [0, 0.1) is 0 Å². The summed E-state index contributed by atoms with van der Waals surface area (Å²) in [5.74, 6) is 1.37. The first-order chi connectivity index (χ1) is 10.3. The van der Waals surface area contributed by atoms with Crippen LogP contribution in [0.25, 0.3) is 16.9 Å². The molecule has 0 unspecified atom stereocenters. The number of methoxy groups -OCH3 is 2. The van der Waals surface area contributed by atoms with Crippen LogP contribution < -0.4 is 9.47 Å². The van der Waals surface area contributed by atoms with Gasteiger partial charge in [0.15, 0.2) is 11.5 Å². The van der Waals surface area contributed by atoms with Gasteiger partial charge in [-0.2, -0.15) is 5.10 Å². The molecule has 106 valence electrons. The van der Waals surface area contributed by atoms with Crippen molar-refractivity contribution in [1.29, 1.82) is 0 Å². The summed E-state index contributed by atoms with van der Waals surface area (Å²) in [5, 5.41) is 4.39. The van der Waals surface area contributed by atoms with Crippen LogP contribution in [0.3, 0.4) is 0 Å². The van der Waals surface area contributed by atoms with Crippen molar-refractivity contribution in [2.75, 3.05) is 14.2 Å². The van der Waals surface area contributed by atoms with Crippen molar-refractivity contribution < 1.29 is 9.47 Å². The Morgan fingerprint density at radius 3 is 2.33 bits per heavy atom. The van der Waals surface area contributed by atoms with Crippen LogP contribution in [0.1, 0.15) is 0 Å². The molecule has 0 aliphatic carbocycles. The van der Waals surface area contributed by atoms with E-state index in [0.717, 1.165) is 16.9 Å². The molecule has 0 atom stereocenters. The molecule has 0 fully saturated rings. The summed E-state index contributed by atoms with van der Waals surface area (Å²) in [6, 6.07) is 11.6. The van der Waals surface area contributed by atoms with Crippen molar-refractivity contribution in [2.24, 2.45) is 0 Å². The third-order valence-corrected chi connectivity index (χ3v) is 3.23. The molecule has 0 saturated heterocycles. The molecule has 5 nitrogen and oxygen atoms in total. The minimum atomic E-state index is 0.672. The maximum absolute atomic E-state index is 5.34. The average Bonchev–Trinajstić information content (AvgIpc) is 3.04. The Hall–Kier alpha value is -2.82. The fraction of sp³-hybridized carbons (Fsp3) is 0.125. The highest BCUT2D eigenvalue weighted by atomic mass is 16.5. The van der Waals surface area contributed by atoms with E-state index in [4.69, 9.17) is 9.47 Å². The van der Waals surface area contributed by atoms with Crippen LogP contribution in [0.15, 0.2) is 55.0 Å². The second kappa shape index (κ2) is 5.66. The lowest BCUT2D eigenvalue weighted by molar-refractivity contribution is 0.355. The van der Waals surface area contributed by atoms with E-state index in [1.54, 1.807) is 32.8 Å². The second-order valence-electron chi connectivity index (χ2n) is 4.40. The van der Waals surface area contributed by atoms with Crippen molar-refractivity contribution in [3.05, 3.63) is 55.0 Å². The molecule has 21 heavy (non-hydrogen) atoms. The van der Waals surface area contributed by atoms with E-state index in [-0.39, 0.29) is 0 Å². The van der Waals surface area contributed by atoms with Gasteiger partial charge in [-0.25, -0.2) is 4.68 Å². The lowest BCUT2D eigenvalue weighted by Crippen LogP contribution is -2.00. The fourth-order valence-corrected chi connectivity index (χ4v) is 2.21. The highest BCUT2D eigenvalue weighted by Crippen LogP contribution is 2.30. The van der Waals surface area contributed by atoms with Crippen molar-refractivity contribution in [3.63, 3.8) is 0 Å². The summed E-state index contributed by atoms with van der Waals surface area (Å²) >= 11 is 0. The van der Waals surface area contributed by atoms with E-state index in [1.807, 2.05) is 41.1 Å². The van der Waals surface area contributed by atoms with Crippen LogP contribution in [-0.2, 0) is 0 Å². The number of hydrogen-bond donors (Lipinski definition) is 0. The predicted octanol–water partition coefficient (Wildman–Crippen LogP) is 2.95. The third-order valence-electron chi connectivity index (χ3n) is 3.23.